The number of nitrogens with one attached hydrogen (secondary N) is 1. The molecule has 0 spiro atoms. The summed E-state index contributed by atoms with van der Waals surface area (Å²) in [4.78, 5) is 37.2. The number of rotatable bonds is 13. The maximum absolute atomic E-state index is 13.9. The maximum Gasteiger partial charge on any atom is 0.416 e. The van der Waals surface area contributed by atoms with Crippen molar-refractivity contribution in [3.05, 3.63) is 106 Å². The second kappa shape index (κ2) is 15.0. The van der Waals surface area contributed by atoms with E-state index in [0.29, 0.717) is 42.7 Å². The van der Waals surface area contributed by atoms with Crippen LogP contribution < -0.4 is 5.32 Å². The first-order valence-corrected chi connectivity index (χ1v) is 15.6. The van der Waals surface area contributed by atoms with E-state index in [-0.39, 0.29) is 43.1 Å². The van der Waals surface area contributed by atoms with E-state index in [9.17, 15) is 27.2 Å². The van der Waals surface area contributed by atoms with Crippen molar-refractivity contribution in [1.29, 1.82) is 0 Å². The zero-order valence-electron chi connectivity index (χ0n) is 25.7. The molecule has 1 atom stereocenters. The van der Waals surface area contributed by atoms with Crippen LogP contribution in [0.3, 0.4) is 0 Å². The van der Waals surface area contributed by atoms with Gasteiger partial charge in [0.15, 0.2) is 0 Å². The van der Waals surface area contributed by atoms with Crippen molar-refractivity contribution in [2.45, 2.75) is 58.2 Å². The number of carbonyl (C=O) groups is 2. The lowest BCUT2D eigenvalue weighted by Gasteiger charge is -2.28. The SMILES string of the molecule is CCNCCON(Cc1ccc(-c2ccc(C(F)(F)F)cc2)cc1)C(=O)CC1C(CCc2ccc(F)cc2)=NC(=O)C2=C1CCC2. The van der Waals surface area contributed by atoms with Crippen LogP contribution in [0.5, 0.6) is 0 Å². The summed E-state index contributed by atoms with van der Waals surface area (Å²) in [5.41, 5.74) is 4.75. The van der Waals surface area contributed by atoms with E-state index in [1.165, 1.54) is 29.3 Å². The second-order valence-corrected chi connectivity index (χ2v) is 11.5. The summed E-state index contributed by atoms with van der Waals surface area (Å²) in [5.74, 6) is -1.10. The predicted octanol–water partition coefficient (Wildman–Crippen LogP) is 7.48. The number of carbonyl (C=O) groups excluding carboxylic acids is 2. The largest absolute Gasteiger partial charge is 0.416 e. The van der Waals surface area contributed by atoms with Crippen molar-refractivity contribution in [2.24, 2.45) is 10.9 Å². The highest BCUT2D eigenvalue weighted by Gasteiger charge is 2.36. The van der Waals surface area contributed by atoms with Gasteiger partial charge in [0, 0.05) is 30.2 Å². The Morgan fingerprint density at radius 2 is 1.59 bits per heavy atom. The van der Waals surface area contributed by atoms with Crippen LogP contribution >= 0.6 is 0 Å². The fourth-order valence-electron chi connectivity index (χ4n) is 5.97. The highest BCUT2D eigenvalue weighted by Crippen LogP contribution is 2.39. The Hall–Kier alpha value is -4.15. The molecule has 1 aliphatic heterocycles. The summed E-state index contributed by atoms with van der Waals surface area (Å²) in [5, 5.41) is 4.54. The monoisotopic (exact) mass is 635 g/mol. The van der Waals surface area contributed by atoms with Gasteiger partial charge >= 0.3 is 6.18 Å². The molecule has 46 heavy (non-hydrogen) atoms. The highest BCUT2D eigenvalue weighted by atomic mass is 19.4. The summed E-state index contributed by atoms with van der Waals surface area (Å²) in [6, 6.07) is 18.5. The summed E-state index contributed by atoms with van der Waals surface area (Å²) < 4.78 is 52.4. The van der Waals surface area contributed by atoms with E-state index in [1.54, 1.807) is 12.1 Å². The number of aliphatic imine (C=N–C) groups is 1. The molecule has 10 heteroatoms. The Balaban J connectivity index is 1.31. The number of likely N-dealkylation sites (N-methyl/N-ethyl adjacent to an activating group) is 1. The third-order valence-electron chi connectivity index (χ3n) is 8.43. The lowest BCUT2D eigenvalue weighted by atomic mass is 9.83. The lowest BCUT2D eigenvalue weighted by Crippen LogP contribution is -2.37. The van der Waals surface area contributed by atoms with Crippen LogP contribution in [0.15, 0.2) is 88.9 Å². The van der Waals surface area contributed by atoms with Gasteiger partial charge in [-0.1, -0.05) is 61.0 Å². The summed E-state index contributed by atoms with van der Waals surface area (Å²) in [6.45, 7) is 3.71. The van der Waals surface area contributed by atoms with Gasteiger partial charge in [-0.3, -0.25) is 14.4 Å². The average Bonchev–Trinajstić information content (AvgIpc) is 3.55. The van der Waals surface area contributed by atoms with Gasteiger partial charge in [-0.05, 0) is 85.2 Å². The molecule has 5 rings (SSSR count). The van der Waals surface area contributed by atoms with Crippen molar-refractivity contribution >= 4 is 17.5 Å². The number of halogens is 4. The number of hydrogen-bond donors (Lipinski definition) is 1. The van der Waals surface area contributed by atoms with E-state index in [4.69, 9.17) is 4.84 Å². The molecule has 1 heterocycles. The van der Waals surface area contributed by atoms with Crippen molar-refractivity contribution in [2.75, 3.05) is 19.7 Å². The Labute approximate surface area is 266 Å². The van der Waals surface area contributed by atoms with Gasteiger partial charge in [-0.2, -0.15) is 13.2 Å². The van der Waals surface area contributed by atoms with Crippen LogP contribution in [0.2, 0.25) is 0 Å². The third kappa shape index (κ3) is 8.35. The topological polar surface area (TPSA) is 71.0 Å². The Bertz CT molecular complexity index is 1580. The highest BCUT2D eigenvalue weighted by molar-refractivity contribution is 6.10. The molecule has 0 radical (unpaired) electrons. The van der Waals surface area contributed by atoms with Gasteiger partial charge < -0.3 is 5.32 Å². The van der Waals surface area contributed by atoms with Gasteiger partial charge in [0.1, 0.15) is 5.82 Å². The van der Waals surface area contributed by atoms with Gasteiger partial charge in [-0.25, -0.2) is 14.4 Å². The summed E-state index contributed by atoms with van der Waals surface area (Å²) in [7, 11) is 0. The minimum absolute atomic E-state index is 0.0964. The third-order valence-corrected chi connectivity index (χ3v) is 8.43. The zero-order chi connectivity index (χ0) is 32.7. The molecule has 2 aliphatic rings. The van der Waals surface area contributed by atoms with Crippen molar-refractivity contribution < 1.29 is 32.0 Å². The molecule has 0 bridgehead atoms. The fourth-order valence-corrected chi connectivity index (χ4v) is 5.97. The lowest BCUT2D eigenvalue weighted by molar-refractivity contribution is -0.190. The standard InChI is InChI=1S/C36H37F4N3O3/c1-2-41-20-21-46-43(23-25-6-11-26(12-7-25)27-13-15-28(16-14-27)36(38,39)40)34(44)22-32-30-4-3-5-31(30)35(45)42-33(32)19-10-24-8-17-29(37)18-9-24/h6-9,11-18,32,41H,2-5,10,19-23H2,1H3. The molecule has 0 fully saturated rings. The smallest absolute Gasteiger partial charge is 0.315 e. The average molecular weight is 636 g/mol. The van der Waals surface area contributed by atoms with Gasteiger partial charge in [0.25, 0.3) is 5.91 Å². The molecular formula is C36H37F4N3O3. The number of benzene rings is 3. The molecular weight excluding hydrogens is 598 g/mol. The maximum atomic E-state index is 13.9. The Morgan fingerprint density at radius 1 is 0.935 bits per heavy atom. The van der Waals surface area contributed by atoms with Crippen LogP contribution in [-0.2, 0) is 33.6 Å². The van der Waals surface area contributed by atoms with Crippen molar-refractivity contribution in [1.82, 2.24) is 10.4 Å². The summed E-state index contributed by atoms with van der Waals surface area (Å²) >= 11 is 0. The minimum Gasteiger partial charge on any atom is -0.315 e. The van der Waals surface area contributed by atoms with Gasteiger partial charge in [0.2, 0.25) is 5.91 Å². The minimum atomic E-state index is -4.40. The zero-order valence-corrected chi connectivity index (χ0v) is 25.7. The number of nitrogens with zero attached hydrogens (tertiary/aromatic N) is 2. The molecule has 3 aromatic carbocycles. The molecule has 2 amide bonds. The number of hydrogen-bond acceptors (Lipinski definition) is 4. The van der Waals surface area contributed by atoms with Crippen LogP contribution in [0, 0.1) is 11.7 Å². The van der Waals surface area contributed by atoms with Crippen LogP contribution in [0.1, 0.15) is 55.7 Å². The Kier molecular flexibility index (Phi) is 10.8. The molecule has 1 unspecified atom stereocenters. The molecule has 0 aromatic heterocycles. The molecule has 0 saturated heterocycles. The van der Waals surface area contributed by atoms with Crippen LogP contribution in [-0.4, -0.2) is 42.3 Å². The first-order chi connectivity index (χ1) is 22.1. The number of allylic oxidation sites excluding steroid dienone is 1. The molecule has 242 valence electrons. The second-order valence-electron chi connectivity index (χ2n) is 11.5. The van der Waals surface area contributed by atoms with Crippen LogP contribution in [0.4, 0.5) is 17.6 Å². The number of alkyl halides is 3. The van der Waals surface area contributed by atoms with Crippen molar-refractivity contribution in [3.8, 4) is 11.1 Å². The number of hydroxylamine groups is 2. The first kappa shape index (κ1) is 33.2. The van der Waals surface area contributed by atoms with E-state index in [2.05, 4.69) is 10.3 Å². The molecule has 3 aromatic rings. The number of amides is 2. The van der Waals surface area contributed by atoms with Crippen LogP contribution in [0.25, 0.3) is 11.1 Å². The van der Waals surface area contributed by atoms with Gasteiger partial charge in [-0.15, -0.1) is 0 Å². The molecule has 1 N–H and O–H groups in total. The predicted molar refractivity (Wildman–Crippen MR) is 168 cm³/mol. The van der Waals surface area contributed by atoms with E-state index < -0.39 is 11.7 Å². The summed E-state index contributed by atoms with van der Waals surface area (Å²) in [6.07, 6.45) is -1.03. The quantitative estimate of drug-likeness (QED) is 0.120. The van der Waals surface area contributed by atoms with E-state index in [1.807, 2.05) is 31.2 Å². The molecule has 0 saturated carbocycles. The van der Waals surface area contributed by atoms with E-state index >= 15 is 0 Å². The fraction of sp³-hybridized carbons (Fsp3) is 0.361. The van der Waals surface area contributed by atoms with E-state index in [0.717, 1.165) is 53.8 Å². The number of aryl methyl sites for hydroxylation is 1. The number of dihydropyridines is 1. The van der Waals surface area contributed by atoms with Crippen molar-refractivity contribution in [3.63, 3.8) is 0 Å². The normalized spacial score (nSPS) is 16.4. The molecule has 6 nitrogen and oxygen atoms in total. The first-order valence-electron chi connectivity index (χ1n) is 15.6. The van der Waals surface area contributed by atoms with Gasteiger partial charge in [0.05, 0.1) is 18.7 Å². The Morgan fingerprint density at radius 3 is 2.24 bits per heavy atom. The molecule has 1 aliphatic carbocycles.